The number of methoxy groups -OCH3 is 1. The van der Waals surface area contributed by atoms with Gasteiger partial charge in [-0.15, -0.1) is 0 Å². The summed E-state index contributed by atoms with van der Waals surface area (Å²) in [7, 11) is 3.77. The van der Waals surface area contributed by atoms with Crippen molar-refractivity contribution in [1.29, 1.82) is 5.41 Å². The summed E-state index contributed by atoms with van der Waals surface area (Å²) in [5.41, 5.74) is 3.33. The Labute approximate surface area is 198 Å². The van der Waals surface area contributed by atoms with E-state index >= 15 is 0 Å². The monoisotopic (exact) mass is 462 g/mol. The number of nitrogens with one attached hydrogen (secondary N) is 2. The van der Waals surface area contributed by atoms with Gasteiger partial charge in [0.15, 0.2) is 0 Å². The molecule has 0 bridgehead atoms. The molecule has 2 aliphatic rings. The molecule has 9 heteroatoms. The lowest BCUT2D eigenvalue weighted by Gasteiger charge is -2.34. The standard InChI is InChI=1S/C25H30N6O3/c1-29-9-11-30(12-10-29)17-3-8-20-21(15-17)28-25(27-20)23-22(32)16-31(24(23)26)13-14-34-19-6-4-18(33-2)5-7-19/h3-8,15,26,32H,9-14,16H2,1-2H3,(H,27,28). The summed E-state index contributed by atoms with van der Waals surface area (Å²) >= 11 is 0. The van der Waals surface area contributed by atoms with Gasteiger partial charge in [0.1, 0.15) is 35.5 Å². The van der Waals surface area contributed by atoms with Gasteiger partial charge in [0.2, 0.25) is 0 Å². The molecule has 3 aromatic rings. The van der Waals surface area contributed by atoms with E-state index in [9.17, 15) is 5.11 Å². The van der Waals surface area contributed by atoms with E-state index in [-0.39, 0.29) is 18.1 Å². The third-order valence-corrected chi connectivity index (χ3v) is 6.44. The number of imidazole rings is 1. The van der Waals surface area contributed by atoms with E-state index in [2.05, 4.69) is 38.9 Å². The second kappa shape index (κ2) is 9.26. The van der Waals surface area contributed by atoms with Crippen molar-refractivity contribution in [2.75, 3.05) is 64.9 Å². The molecule has 1 aromatic heterocycles. The zero-order valence-electron chi connectivity index (χ0n) is 19.5. The van der Waals surface area contributed by atoms with Crippen LogP contribution in [-0.2, 0) is 0 Å². The first kappa shape index (κ1) is 22.1. The van der Waals surface area contributed by atoms with Crippen LogP contribution in [0.1, 0.15) is 5.82 Å². The number of fused-ring (bicyclic) bond motifs is 1. The Balaban J connectivity index is 1.25. The number of ether oxygens (including phenoxy) is 2. The molecule has 2 aromatic carbocycles. The predicted molar refractivity (Wildman–Crippen MR) is 133 cm³/mol. The number of aromatic nitrogens is 2. The van der Waals surface area contributed by atoms with Gasteiger partial charge in [-0.25, -0.2) is 4.98 Å². The van der Waals surface area contributed by atoms with E-state index in [4.69, 9.17) is 14.9 Å². The number of benzene rings is 2. The Kier molecular flexibility index (Phi) is 6.02. The molecule has 9 nitrogen and oxygen atoms in total. The van der Waals surface area contributed by atoms with Gasteiger partial charge in [0, 0.05) is 31.9 Å². The SMILES string of the molecule is COc1ccc(OCCN2CC(O)=C(c3nc4ccc(N5CCN(C)CC5)cc4[nH]3)C2=N)cc1. The van der Waals surface area contributed by atoms with Gasteiger partial charge < -0.3 is 34.3 Å². The summed E-state index contributed by atoms with van der Waals surface area (Å²) in [5, 5.41) is 19.3. The molecule has 0 aliphatic carbocycles. The molecule has 0 saturated carbocycles. The fourth-order valence-corrected chi connectivity index (χ4v) is 4.40. The fraction of sp³-hybridized carbons (Fsp3) is 0.360. The molecule has 1 fully saturated rings. The van der Waals surface area contributed by atoms with Crippen molar-refractivity contribution in [3.8, 4) is 11.5 Å². The molecule has 34 heavy (non-hydrogen) atoms. The summed E-state index contributed by atoms with van der Waals surface area (Å²) < 4.78 is 11.0. The van der Waals surface area contributed by atoms with Crippen LogP contribution in [0.5, 0.6) is 11.5 Å². The second-order valence-electron chi connectivity index (χ2n) is 8.69. The third-order valence-electron chi connectivity index (χ3n) is 6.44. The molecule has 178 valence electrons. The Hall–Kier alpha value is -3.72. The highest BCUT2D eigenvalue weighted by Crippen LogP contribution is 2.29. The average molecular weight is 463 g/mol. The first-order valence-corrected chi connectivity index (χ1v) is 11.5. The smallest absolute Gasteiger partial charge is 0.145 e. The first-order chi connectivity index (χ1) is 16.5. The lowest BCUT2D eigenvalue weighted by atomic mass is 10.2. The number of piperazine rings is 1. The van der Waals surface area contributed by atoms with Crippen molar-refractivity contribution >= 4 is 28.1 Å². The van der Waals surface area contributed by atoms with Gasteiger partial charge in [0.25, 0.3) is 0 Å². The molecule has 0 unspecified atom stereocenters. The Bertz CT molecular complexity index is 1210. The lowest BCUT2D eigenvalue weighted by Crippen LogP contribution is -2.44. The molecule has 2 aliphatic heterocycles. The number of likely N-dealkylation sites (N-methyl/N-ethyl adjacent to an activating group) is 1. The Morgan fingerprint density at radius 3 is 2.53 bits per heavy atom. The molecular formula is C25H30N6O3. The van der Waals surface area contributed by atoms with Crippen LogP contribution in [0, 0.1) is 5.41 Å². The second-order valence-corrected chi connectivity index (χ2v) is 8.69. The molecule has 0 spiro atoms. The van der Waals surface area contributed by atoms with Crippen LogP contribution in [0.15, 0.2) is 48.2 Å². The number of nitrogens with zero attached hydrogens (tertiary/aromatic N) is 4. The molecule has 0 amide bonds. The van der Waals surface area contributed by atoms with Gasteiger partial charge in [-0.3, -0.25) is 5.41 Å². The zero-order chi connectivity index (χ0) is 23.7. The maximum atomic E-state index is 10.6. The van der Waals surface area contributed by atoms with Gasteiger partial charge in [-0.05, 0) is 49.5 Å². The van der Waals surface area contributed by atoms with Crippen molar-refractivity contribution in [3.05, 3.63) is 54.0 Å². The summed E-state index contributed by atoms with van der Waals surface area (Å²) in [6, 6.07) is 13.6. The van der Waals surface area contributed by atoms with Gasteiger partial charge in [-0.1, -0.05) is 0 Å². The minimum Gasteiger partial charge on any atom is -0.510 e. The maximum absolute atomic E-state index is 10.6. The van der Waals surface area contributed by atoms with Crippen LogP contribution in [0.2, 0.25) is 0 Å². The third kappa shape index (κ3) is 4.38. The molecule has 5 rings (SSSR count). The zero-order valence-corrected chi connectivity index (χ0v) is 19.5. The van der Waals surface area contributed by atoms with E-state index in [0.29, 0.717) is 24.5 Å². The Morgan fingerprint density at radius 2 is 1.79 bits per heavy atom. The van der Waals surface area contributed by atoms with Crippen LogP contribution in [0.25, 0.3) is 16.6 Å². The lowest BCUT2D eigenvalue weighted by molar-refractivity contribution is 0.265. The van der Waals surface area contributed by atoms with E-state index in [1.807, 2.05) is 30.3 Å². The van der Waals surface area contributed by atoms with Crippen LogP contribution in [0.3, 0.4) is 0 Å². The molecular weight excluding hydrogens is 432 g/mol. The van der Waals surface area contributed by atoms with Crippen LogP contribution in [0.4, 0.5) is 5.69 Å². The number of aliphatic hydroxyl groups is 1. The van der Waals surface area contributed by atoms with Crippen LogP contribution >= 0.6 is 0 Å². The number of aliphatic hydroxyl groups excluding tert-OH is 1. The van der Waals surface area contributed by atoms with E-state index in [1.54, 1.807) is 12.0 Å². The predicted octanol–water partition coefficient (Wildman–Crippen LogP) is 2.96. The summed E-state index contributed by atoms with van der Waals surface area (Å²) in [5.74, 6) is 2.42. The largest absolute Gasteiger partial charge is 0.510 e. The summed E-state index contributed by atoms with van der Waals surface area (Å²) in [4.78, 5) is 14.5. The van der Waals surface area contributed by atoms with Crippen LogP contribution in [-0.4, -0.2) is 90.7 Å². The van der Waals surface area contributed by atoms with Crippen molar-refractivity contribution in [1.82, 2.24) is 19.8 Å². The van der Waals surface area contributed by atoms with E-state index < -0.39 is 0 Å². The molecule has 3 N–H and O–H groups in total. The van der Waals surface area contributed by atoms with E-state index in [0.717, 1.165) is 54.4 Å². The topological polar surface area (TPSA) is 101 Å². The number of hydrogen-bond donors (Lipinski definition) is 3. The highest BCUT2D eigenvalue weighted by atomic mass is 16.5. The number of anilines is 1. The molecule has 0 atom stereocenters. The van der Waals surface area contributed by atoms with Crippen molar-refractivity contribution in [2.45, 2.75) is 0 Å². The quantitative estimate of drug-likeness (QED) is 0.496. The number of rotatable bonds is 7. The average Bonchev–Trinajstić information content (AvgIpc) is 3.39. The molecule has 1 saturated heterocycles. The van der Waals surface area contributed by atoms with Crippen molar-refractivity contribution in [3.63, 3.8) is 0 Å². The van der Waals surface area contributed by atoms with Crippen molar-refractivity contribution in [2.24, 2.45) is 0 Å². The van der Waals surface area contributed by atoms with Gasteiger partial charge in [0.05, 0.1) is 36.8 Å². The van der Waals surface area contributed by atoms with Gasteiger partial charge >= 0.3 is 0 Å². The van der Waals surface area contributed by atoms with E-state index in [1.165, 1.54) is 0 Å². The first-order valence-electron chi connectivity index (χ1n) is 11.5. The van der Waals surface area contributed by atoms with Gasteiger partial charge in [-0.2, -0.15) is 0 Å². The molecule has 3 heterocycles. The summed E-state index contributed by atoms with van der Waals surface area (Å²) in [6.45, 7) is 5.21. The maximum Gasteiger partial charge on any atom is 0.145 e. The highest BCUT2D eigenvalue weighted by molar-refractivity contribution is 6.23. The highest BCUT2D eigenvalue weighted by Gasteiger charge is 2.30. The van der Waals surface area contributed by atoms with Crippen molar-refractivity contribution < 1.29 is 14.6 Å². The minimum absolute atomic E-state index is 0.146. The number of H-pyrrole nitrogens is 1. The fourth-order valence-electron chi connectivity index (χ4n) is 4.40. The Morgan fingerprint density at radius 1 is 1.06 bits per heavy atom. The number of amidine groups is 1. The summed E-state index contributed by atoms with van der Waals surface area (Å²) in [6.07, 6.45) is 0. The number of aromatic amines is 1. The van der Waals surface area contributed by atoms with Crippen LogP contribution < -0.4 is 14.4 Å². The minimum atomic E-state index is 0.146. The number of hydrogen-bond acceptors (Lipinski definition) is 7. The molecule has 0 radical (unpaired) electrons. The normalized spacial score (nSPS) is 17.2.